The van der Waals surface area contributed by atoms with Crippen LogP contribution >= 0.6 is 0 Å². The number of aryl methyl sites for hydroxylation is 3. The van der Waals surface area contributed by atoms with Gasteiger partial charge in [0.25, 0.3) is 0 Å². The molecular weight excluding hydrogens is 194 g/mol. The summed E-state index contributed by atoms with van der Waals surface area (Å²) in [4.78, 5) is 11.9. The lowest BCUT2D eigenvalue weighted by Crippen LogP contribution is -2.14. The summed E-state index contributed by atoms with van der Waals surface area (Å²) in [5.74, 6) is -0.0834. The lowest BCUT2D eigenvalue weighted by Gasteiger charge is -1.97. The second-order valence-electron chi connectivity index (χ2n) is 3.48. The van der Waals surface area contributed by atoms with Gasteiger partial charge in [-0.15, -0.1) is 0 Å². The van der Waals surface area contributed by atoms with Crippen molar-refractivity contribution in [2.24, 2.45) is 0 Å². The first-order chi connectivity index (χ1) is 7.08. The van der Waals surface area contributed by atoms with Gasteiger partial charge in [-0.2, -0.15) is 9.78 Å². The zero-order valence-corrected chi connectivity index (χ0v) is 8.81. The quantitative estimate of drug-likeness (QED) is 0.707. The van der Waals surface area contributed by atoms with Crippen molar-refractivity contribution in [1.29, 1.82) is 0 Å². The fraction of sp³-hybridized carbons (Fsp3) is 0.300. The second-order valence-corrected chi connectivity index (χ2v) is 3.48. The largest absolute Gasteiger partial charge is 0.351 e. The van der Waals surface area contributed by atoms with Crippen LogP contribution in [0.15, 0.2) is 16.7 Å². The summed E-state index contributed by atoms with van der Waals surface area (Å²) in [6.07, 6.45) is 0. The molecule has 2 aromatic heterocycles. The number of hydrogen-bond acceptors (Lipinski definition) is 4. The van der Waals surface area contributed by atoms with E-state index in [1.165, 1.54) is 4.68 Å². The summed E-state index contributed by atoms with van der Waals surface area (Å²) in [6.45, 7) is 5.42. The maximum Gasteiger partial charge on any atom is 0.316 e. The number of rotatable bonds is 1. The highest BCUT2D eigenvalue weighted by molar-refractivity contribution is 5.93. The predicted molar refractivity (Wildman–Crippen MR) is 52.7 cm³/mol. The Hall–Kier alpha value is -1.91. The first-order valence-corrected chi connectivity index (χ1v) is 4.59. The summed E-state index contributed by atoms with van der Waals surface area (Å²) >= 11 is 0. The molecule has 2 rings (SSSR count). The van der Waals surface area contributed by atoms with E-state index in [4.69, 9.17) is 4.52 Å². The second kappa shape index (κ2) is 3.34. The molecule has 0 aliphatic carbocycles. The summed E-state index contributed by atoms with van der Waals surface area (Å²) in [6, 6.07) is 3.43. The van der Waals surface area contributed by atoms with Crippen LogP contribution in [0.5, 0.6) is 0 Å². The van der Waals surface area contributed by atoms with Gasteiger partial charge < -0.3 is 4.52 Å². The van der Waals surface area contributed by atoms with E-state index in [2.05, 4.69) is 10.3 Å². The van der Waals surface area contributed by atoms with Crippen molar-refractivity contribution >= 4 is 5.91 Å². The van der Waals surface area contributed by atoms with E-state index >= 15 is 0 Å². The molecule has 0 bridgehead atoms. The van der Waals surface area contributed by atoms with Crippen LogP contribution in [-0.2, 0) is 0 Å². The molecule has 0 aliphatic heterocycles. The molecule has 0 amide bonds. The van der Waals surface area contributed by atoms with Crippen molar-refractivity contribution in [3.63, 3.8) is 0 Å². The minimum absolute atomic E-state index is 0.207. The molecule has 0 N–H and O–H groups in total. The molecule has 0 radical (unpaired) electrons. The molecule has 0 atom stereocenters. The van der Waals surface area contributed by atoms with Crippen LogP contribution in [0.25, 0.3) is 0 Å². The Labute approximate surface area is 86.7 Å². The van der Waals surface area contributed by atoms with Gasteiger partial charge in [-0.3, -0.25) is 4.79 Å². The third-order valence-corrected chi connectivity index (χ3v) is 2.04. The average Bonchev–Trinajstić information content (AvgIpc) is 2.71. The zero-order valence-electron chi connectivity index (χ0n) is 8.81. The van der Waals surface area contributed by atoms with Gasteiger partial charge in [0.15, 0.2) is 0 Å². The molecule has 0 saturated carbocycles. The maximum absolute atomic E-state index is 11.9. The van der Waals surface area contributed by atoms with E-state index in [0.29, 0.717) is 5.69 Å². The molecule has 0 unspecified atom stereocenters. The predicted octanol–water partition coefficient (Wildman–Crippen LogP) is 1.48. The Morgan fingerprint density at radius 3 is 2.47 bits per heavy atom. The minimum atomic E-state index is -0.291. The summed E-state index contributed by atoms with van der Waals surface area (Å²) < 4.78 is 6.20. The van der Waals surface area contributed by atoms with Gasteiger partial charge in [-0.05, 0) is 26.8 Å². The SMILES string of the molecule is Cc1cc(C(=O)n2nc(C)cc2C)on1. The molecule has 2 aromatic rings. The number of carbonyl (C=O) groups excluding carboxylic acids is 1. The molecule has 0 fully saturated rings. The van der Waals surface area contributed by atoms with E-state index < -0.39 is 0 Å². The number of nitrogens with zero attached hydrogens (tertiary/aromatic N) is 3. The van der Waals surface area contributed by atoms with Gasteiger partial charge >= 0.3 is 5.91 Å². The monoisotopic (exact) mass is 205 g/mol. The standard InChI is InChI=1S/C10H11N3O2/c1-6-4-8(3)13(11-6)10(14)9-5-7(2)12-15-9/h4-5H,1-3H3. The smallest absolute Gasteiger partial charge is 0.316 e. The summed E-state index contributed by atoms with van der Waals surface area (Å²) in [5, 5.41) is 7.74. The van der Waals surface area contributed by atoms with Gasteiger partial charge in [0.05, 0.1) is 11.4 Å². The normalized spacial score (nSPS) is 10.6. The molecule has 15 heavy (non-hydrogen) atoms. The Morgan fingerprint density at radius 2 is 2.00 bits per heavy atom. The molecule has 5 nitrogen and oxygen atoms in total. The summed E-state index contributed by atoms with van der Waals surface area (Å²) in [5.41, 5.74) is 2.27. The van der Waals surface area contributed by atoms with E-state index in [0.717, 1.165) is 11.4 Å². The maximum atomic E-state index is 11.9. The molecule has 0 aromatic carbocycles. The highest BCUT2D eigenvalue weighted by atomic mass is 16.5. The number of carbonyl (C=O) groups is 1. The number of aromatic nitrogens is 3. The fourth-order valence-corrected chi connectivity index (χ4v) is 1.40. The van der Waals surface area contributed by atoms with Crippen LogP contribution in [0.1, 0.15) is 27.6 Å². The summed E-state index contributed by atoms with van der Waals surface area (Å²) in [7, 11) is 0. The van der Waals surface area contributed by atoms with Crippen molar-refractivity contribution in [3.05, 3.63) is 35.0 Å². The Bertz CT molecular complexity index is 510. The molecular formula is C10H11N3O2. The molecule has 0 saturated heterocycles. The van der Waals surface area contributed by atoms with Crippen molar-refractivity contribution < 1.29 is 9.32 Å². The topological polar surface area (TPSA) is 60.9 Å². The van der Waals surface area contributed by atoms with Crippen LogP contribution in [0.3, 0.4) is 0 Å². The van der Waals surface area contributed by atoms with Crippen LogP contribution in [0.4, 0.5) is 0 Å². The lowest BCUT2D eigenvalue weighted by molar-refractivity contribution is 0.0905. The Balaban J connectivity index is 2.40. The van der Waals surface area contributed by atoms with Gasteiger partial charge in [-0.25, -0.2) is 0 Å². The van der Waals surface area contributed by atoms with Crippen molar-refractivity contribution in [2.45, 2.75) is 20.8 Å². The molecule has 0 spiro atoms. The van der Waals surface area contributed by atoms with Crippen molar-refractivity contribution in [1.82, 2.24) is 14.9 Å². The molecule has 2 heterocycles. The van der Waals surface area contributed by atoms with Crippen molar-refractivity contribution in [3.8, 4) is 0 Å². The van der Waals surface area contributed by atoms with E-state index in [-0.39, 0.29) is 11.7 Å². The average molecular weight is 205 g/mol. The van der Waals surface area contributed by atoms with Crippen LogP contribution in [0, 0.1) is 20.8 Å². The number of hydrogen-bond donors (Lipinski definition) is 0. The van der Waals surface area contributed by atoms with Gasteiger partial charge in [0.2, 0.25) is 5.76 Å². The van der Waals surface area contributed by atoms with Gasteiger partial charge in [-0.1, -0.05) is 5.16 Å². The Morgan fingerprint density at radius 1 is 1.27 bits per heavy atom. The van der Waals surface area contributed by atoms with E-state index in [1.807, 2.05) is 19.9 Å². The van der Waals surface area contributed by atoms with Crippen LogP contribution in [0.2, 0.25) is 0 Å². The first kappa shape index (κ1) is 9.64. The molecule has 5 heteroatoms. The lowest BCUT2D eigenvalue weighted by atomic mass is 10.3. The zero-order chi connectivity index (χ0) is 11.0. The van der Waals surface area contributed by atoms with Crippen LogP contribution in [-0.4, -0.2) is 20.8 Å². The highest BCUT2D eigenvalue weighted by Crippen LogP contribution is 2.08. The fourth-order valence-electron chi connectivity index (χ4n) is 1.40. The third kappa shape index (κ3) is 1.68. The minimum Gasteiger partial charge on any atom is -0.351 e. The molecule has 78 valence electrons. The highest BCUT2D eigenvalue weighted by Gasteiger charge is 2.16. The Kier molecular flexibility index (Phi) is 2.15. The molecule has 0 aliphatic rings. The van der Waals surface area contributed by atoms with E-state index in [9.17, 15) is 4.79 Å². The van der Waals surface area contributed by atoms with Crippen LogP contribution < -0.4 is 0 Å². The third-order valence-electron chi connectivity index (χ3n) is 2.04. The van der Waals surface area contributed by atoms with Gasteiger partial charge in [0.1, 0.15) is 0 Å². The first-order valence-electron chi connectivity index (χ1n) is 4.59. The van der Waals surface area contributed by atoms with E-state index in [1.54, 1.807) is 13.0 Å². The van der Waals surface area contributed by atoms with Gasteiger partial charge in [0, 0.05) is 11.8 Å². The van der Waals surface area contributed by atoms with Crippen molar-refractivity contribution in [2.75, 3.05) is 0 Å².